The maximum Gasteiger partial charge on any atom is 0.416 e. The zero-order valence-electron chi connectivity index (χ0n) is 10.2. The van der Waals surface area contributed by atoms with Gasteiger partial charge >= 0.3 is 6.18 Å². The van der Waals surface area contributed by atoms with Crippen molar-refractivity contribution in [3.63, 3.8) is 0 Å². The Bertz CT molecular complexity index is 619. The van der Waals surface area contributed by atoms with Gasteiger partial charge in [0.2, 0.25) is 10.0 Å². The lowest BCUT2D eigenvalue weighted by molar-refractivity contribution is -0.137. The fourth-order valence-electron chi connectivity index (χ4n) is 2.00. The molecule has 0 amide bonds. The third kappa shape index (κ3) is 3.08. The van der Waals surface area contributed by atoms with Crippen LogP contribution < -0.4 is 5.73 Å². The highest BCUT2D eigenvalue weighted by Crippen LogP contribution is 2.34. The molecule has 1 atom stereocenters. The molecule has 2 rings (SSSR count). The summed E-state index contributed by atoms with van der Waals surface area (Å²) in [6.45, 7) is 0.285. The van der Waals surface area contributed by atoms with Gasteiger partial charge in [-0.15, -0.1) is 0 Å². The normalized spacial score (nSPS) is 21.4. The number of rotatable bonds is 2. The molecule has 1 aliphatic rings. The molecule has 4 nitrogen and oxygen atoms in total. The maximum atomic E-state index is 12.7. The SMILES string of the molecule is N[C@@H]1CCN(S(=O)(=O)c2cc(Cl)cc(C(F)(F)F)c2)C1. The Balaban J connectivity index is 2.44. The predicted molar refractivity (Wildman–Crippen MR) is 67.8 cm³/mol. The van der Waals surface area contributed by atoms with Gasteiger partial charge in [-0.3, -0.25) is 0 Å². The number of nitrogens with zero attached hydrogens (tertiary/aromatic N) is 1. The van der Waals surface area contributed by atoms with Gasteiger partial charge in [0.1, 0.15) is 0 Å². The first-order chi connectivity index (χ1) is 9.10. The van der Waals surface area contributed by atoms with Crippen LogP contribution in [0.3, 0.4) is 0 Å². The van der Waals surface area contributed by atoms with Crippen LogP contribution in [0.2, 0.25) is 5.02 Å². The van der Waals surface area contributed by atoms with E-state index in [0.29, 0.717) is 18.6 Å². The van der Waals surface area contributed by atoms with E-state index in [2.05, 4.69) is 0 Å². The summed E-state index contributed by atoms with van der Waals surface area (Å²) in [5.41, 5.74) is 4.53. The van der Waals surface area contributed by atoms with Crippen molar-refractivity contribution in [2.45, 2.75) is 23.5 Å². The average molecular weight is 329 g/mol. The highest BCUT2D eigenvalue weighted by Gasteiger charge is 2.35. The van der Waals surface area contributed by atoms with Gasteiger partial charge in [-0.25, -0.2) is 8.42 Å². The van der Waals surface area contributed by atoms with Crippen LogP contribution in [0.1, 0.15) is 12.0 Å². The molecule has 1 fully saturated rings. The third-order valence-electron chi connectivity index (χ3n) is 3.02. The van der Waals surface area contributed by atoms with E-state index in [9.17, 15) is 21.6 Å². The first-order valence-corrected chi connectivity index (χ1v) is 7.56. The lowest BCUT2D eigenvalue weighted by atomic mass is 10.2. The Hall–Kier alpha value is -0.830. The van der Waals surface area contributed by atoms with E-state index >= 15 is 0 Å². The Labute approximate surface area is 119 Å². The van der Waals surface area contributed by atoms with Crippen LogP contribution in [0.15, 0.2) is 23.1 Å². The lowest BCUT2D eigenvalue weighted by Gasteiger charge is -2.17. The molecule has 0 unspecified atom stereocenters. The van der Waals surface area contributed by atoms with Crippen LogP contribution in [0.25, 0.3) is 0 Å². The van der Waals surface area contributed by atoms with Crippen LogP contribution in [-0.4, -0.2) is 31.9 Å². The highest BCUT2D eigenvalue weighted by atomic mass is 35.5. The van der Waals surface area contributed by atoms with Crippen LogP contribution in [0.4, 0.5) is 13.2 Å². The third-order valence-corrected chi connectivity index (χ3v) is 5.08. The largest absolute Gasteiger partial charge is 0.416 e. The van der Waals surface area contributed by atoms with E-state index in [0.717, 1.165) is 10.4 Å². The van der Waals surface area contributed by atoms with Crippen molar-refractivity contribution in [2.24, 2.45) is 5.73 Å². The number of sulfonamides is 1. The summed E-state index contributed by atoms with van der Waals surface area (Å²) in [4.78, 5) is -0.466. The topological polar surface area (TPSA) is 63.4 Å². The minimum absolute atomic E-state index is 0.0935. The Kier molecular flexibility index (Phi) is 4.03. The van der Waals surface area contributed by atoms with Crippen molar-refractivity contribution in [2.75, 3.05) is 13.1 Å². The van der Waals surface area contributed by atoms with Gasteiger partial charge in [-0.1, -0.05) is 11.6 Å². The van der Waals surface area contributed by atoms with Gasteiger partial charge in [0.05, 0.1) is 10.5 Å². The van der Waals surface area contributed by atoms with Crippen molar-refractivity contribution in [3.8, 4) is 0 Å². The van der Waals surface area contributed by atoms with Crippen LogP contribution in [-0.2, 0) is 16.2 Å². The van der Waals surface area contributed by atoms with Crippen molar-refractivity contribution in [3.05, 3.63) is 28.8 Å². The fourth-order valence-corrected chi connectivity index (χ4v) is 3.88. The number of hydrogen-bond donors (Lipinski definition) is 1. The quantitative estimate of drug-likeness (QED) is 0.904. The summed E-state index contributed by atoms with van der Waals surface area (Å²) >= 11 is 5.59. The maximum absolute atomic E-state index is 12.7. The summed E-state index contributed by atoms with van der Waals surface area (Å²) in [6, 6.07) is 1.99. The van der Waals surface area contributed by atoms with E-state index in [1.165, 1.54) is 0 Å². The Morgan fingerprint density at radius 2 is 1.95 bits per heavy atom. The molecule has 9 heteroatoms. The van der Waals surface area contributed by atoms with E-state index in [1.54, 1.807) is 0 Å². The van der Waals surface area contributed by atoms with Gasteiger partial charge in [-0.2, -0.15) is 17.5 Å². The molecule has 0 bridgehead atoms. The van der Waals surface area contributed by atoms with E-state index in [-0.39, 0.29) is 24.2 Å². The van der Waals surface area contributed by atoms with E-state index < -0.39 is 26.7 Å². The molecular formula is C11H12ClF3N2O2S. The van der Waals surface area contributed by atoms with E-state index in [1.807, 2.05) is 0 Å². The second kappa shape index (κ2) is 5.18. The fraction of sp³-hybridized carbons (Fsp3) is 0.455. The molecule has 0 aliphatic carbocycles. The second-order valence-corrected chi connectivity index (χ2v) is 6.96. The second-order valence-electron chi connectivity index (χ2n) is 4.59. The van der Waals surface area contributed by atoms with Gasteiger partial charge in [-0.05, 0) is 24.6 Å². The summed E-state index contributed by atoms with van der Waals surface area (Å²) in [5, 5.41) is -0.276. The van der Waals surface area contributed by atoms with Crippen molar-refractivity contribution in [1.29, 1.82) is 0 Å². The summed E-state index contributed by atoms with van der Waals surface area (Å²) in [5.74, 6) is 0. The standard InChI is InChI=1S/C11H12ClF3N2O2S/c12-8-3-7(11(13,14)15)4-10(5-8)20(18,19)17-2-1-9(16)6-17/h3-5,9H,1-2,6,16H2/t9-/m1/s1. The number of halogens is 4. The molecule has 0 saturated carbocycles. The van der Waals surface area contributed by atoms with Crippen molar-refractivity contribution < 1.29 is 21.6 Å². The zero-order chi connectivity index (χ0) is 15.1. The number of nitrogens with two attached hydrogens (primary N) is 1. The molecule has 112 valence electrons. The van der Waals surface area contributed by atoms with Crippen molar-refractivity contribution in [1.82, 2.24) is 4.31 Å². The highest BCUT2D eigenvalue weighted by molar-refractivity contribution is 7.89. The summed E-state index contributed by atoms with van der Waals surface area (Å²) in [7, 11) is -4.01. The van der Waals surface area contributed by atoms with Gasteiger partial charge in [0.25, 0.3) is 0 Å². The Morgan fingerprint density at radius 3 is 2.45 bits per heavy atom. The Morgan fingerprint density at radius 1 is 1.30 bits per heavy atom. The number of alkyl halides is 3. The minimum Gasteiger partial charge on any atom is -0.326 e. The predicted octanol–water partition coefficient (Wildman–Crippen LogP) is 2.08. The minimum atomic E-state index is -4.66. The molecule has 1 heterocycles. The molecule has 20 heavy (non-hydrogen) atoms. The number of benzene rings is 1. The first kappa shape index (κ1) is 15.6. The molecule has 0 radical (unpaired) electrons. The molecule has 2 N–H and O–H groups in total. The van der Waals surface area contributed by atoms with Gasteiger partial charge < -0.3 is 5.73 Å². The lowest BCUT2D eigenvalue weighted by Crippen LogP contribution is -2.32. The van der Waals surface area contributed by atoms with Gasteiger partial charge in [0.15, 0.2) is 0 Å². The molecule has 0 aromatic heterocycles. The molecule has 1 aliphatic heterocycles. The summed E-state index contributed by atoms with van der Waals surface area (Å²) in [6.07, 6.45) is -4.18. The smallest absolute Gasteiger partial charge is 0.326 e. The monoisotopic (exact) mass is 328 g/mol. The van der Waals surface area contributed by atoms with Crippen LogP contribution in [0, 0.1) is 0 Å². The first-order valence-electron chi connectivity index (χ1n) is 5.74. The van der Waals surface area contributed by atoms with Gasteiger partial charge in [0, 0.05) is 24.2 Å². The molecule has 1 saturated heterocycles. The average Bonchev–Trinajstić information content (AvgIpc) is 2.74. The summed E-state index contributed by atoms with van der Waals surface area (Å²) < 4.78 is 63.6. The molecular weight excluding hydrogens is 317 g/mol. The van der Waals surface area contributed by atoms with E-state index in [4.69, 9.17) is 17.3 Å². The van der Waals surface area contributed by atoms with Crippen LogP contribution >= 0.6 is 11.6 Å². The zero-order valence-corrected chi connectivity index (χ0v) is 11.8. The molecule has 1 aromatic carbocycles. The molecule has 1 aromatic rings. The van der Waals surface area contributed by atoms with Crippen molar-refractivity contribution >= 4 is 21.6 Å². The van der Waals surface area contributed by atoms with Crippen LogP contribution in [0.5, 0.6) is 0 Å². The molecule has 0 spiro atoms. The number of hydrogen-bond acceptors (Lipinski definition) is 3.